The molecule has 28 heavy (non-hydrogen) atoms. The smallest absolute Gasteiger partial charge is 0.228 e. The second-order valence-electron chi connectivity index (χ2n) is 8.96. The zero-order valence-electron chi connectivity index (χ0n) is 17.4. The second-order valence-corrected chi connectivity index (χ2v) is 8.96. The van der Waals surface area contributed by atoms with Gasteiger partial charge in [-0.2, -0.15) is 0 Å². The van der Waals surface area contributed by atoms with E-state index in [1.807, 2.05) is 34.1 Å². The Morgan fingerprint density at radius 2 is 1.71 bits per heavy atom. The standard InChI is InChI=1S/C22H32N2O4/c1-22(2,3)13-20(25)24-14-18(16-5-7-17(27-4)8-6-16)19(15-24)21(26)23-9-11-28-12-10-23/h5-8,18-19H,9-15H2,1-4H3/t18-,19-/m0/s1. The summed E-state index contributed by atoms with van der Waals surface area (Å²) in [5.41, 5.74) is 1.01. The predicted octanol–water partition coefficient (Wildman–Crippen LogP) is 2.53. The Kier molecular flexibility index (Phi) is 6.28. The summed E-state index contributed by atoms with van der Waals surface area (Å²) in [6.07, 6.45) is 0.487. The van der Waals surface area contributed by atoms with E-state index in [1.54, 1.807) is 7.11 Å². The van der Waals surface area contributed by atoms with E-state index in [0.29, 0.717) is 45.8 Å². The van der Waals surface area contributed by atoms with Gasteiger partial charge in [-0.05, 0) is 23.1 Å². The van der Waals surface area contributed by atoms with Crippen molar-refractivity contribution >= 4 is 11.8 Å². The number of benzene rings is 1. The van der Waals surface area contributed by atoms with Crippen molar-refractivity contribution in [2.75, 3.05) is 46.5 Å². The molecule has 1 aromatic carbocycles. The summed E-state index contributed by atoms with van der Waals surface area (Å²) < 4.78 is 10.7. The van der Waals surface area contributed by atoms with E-state index in [9.17, 15) is 9.59 Å². The van der Waals surface area contributed by atoms with Gasteiger partial charge in [0.1, 0.15) is 5.75 Å². The normalized spacial score (nSPS) is 23.0. The summed E-state index contributed by atoms with van der Waals surface area (Å²) in [6, 6.07) is 7.87. The SMILES string of the molecule is COc1ccc([C@@H]2CN(C(=O)CC(C)(C)C)C[C@@H]2C(=O)N2CCOCC2)cc1. The van der Waals surface area contributed by atoms with Gasteiger partial charge in [-0.1, -0.05) is 32.9 Å². The lowest BCUT2D eigenvalue weighted by Crippen LogP contribution is -2.45. The molecule has 2 atom stereocenters. The van der Waals surface area contributed by atoms with Crippen LogP contribution in [0.5, 0.6) is 5.75 Å². The minimum Gasteiger partial charge on any atom is -0.497 e. The Hall–Kier alpha value is -2.08. The molecule has 0 saturated carbocycles. The van der Waals surface area contributed by atoms with Gasteiger partial charge in [-0.25, -0.2) is 0 Å². The van der Waals surface area contributed by atoms with Gasteiger partial charge in [0.05, 0.1) is 26.2 Å². The lowest BCUT2D eigenvalue weighted by molar-refractivity contribution is -0.140. The lowest BCUT2D eigenvalue weighted by atomic mass is 9.88. The van der Waals surface area contributed by atoms with Crippen LogP contribution in [0.3, 0.4) is 0 Å². The second kappa shape index (κ2) is 8.52. The summed E-state index contributed by atoms with van der Waals surface area (Å²) in [4.78, 5) is 29.9. The molecular formula is C22H32N2O4. The van der Waals surface area contributed by atoms with Crippen LogP contribution in [-0.2, 0) is 14.3 Å². The van der Waals surface area contributed by atoms with E-state index in [4.69, 9.17) is 9.47 Å². The van der Waals surface area contributed by atoms with Crippen molar-refractivity contribution in [1.82, 2.24) is 9.80 Å². The van der Waals surface area contributed by atoms with E-state index < -0.39 is 0 Å². The first-order chi connectivity index (χ1) is 13.3. The lowest BCUT2D eigenvalue weighted by Gasteiger charge is -2.31. The number of nitrogens with zero attached hydrogens (tertiary/aromatic N) is 2. The van der Waals surface area contributed by atoms with Crippen LogP contribution in [0, 0.1) is 11.3 Å². The minimum absolute atomic E-state index is 0.00479. The van der Waals surface area contributed by atoms with Gasteiger partial charge in [-0.15, -0.1) is 0 Å². The molecule has 2 saturated heterocycles. The van der Waals surface area contributed by atoms with Crippen molar-refractivity contribution in [2.24, 2.45) is 11.3 Å². The number of methoxy groups -OCH3 is 1. The molecule has 2 fully saturated rings. The summed E-state index contributed by atoms with van der Waals surface area (Å²) in [5, 5.41) is 0. The van der Waals surface area contributed by atoms with Gasteiger partial charge in [0.15, 0.2) is 0 Å². The molecule has 0 spiro atoms. The zero-order chi connectivity index (χ0) is 20.3. The molecule has 0 aliphatic carbocycles. The maximum atomic E-state index is 13.3. The average molecular weight is 389 g/mol. The Morgan fingerprint density at radius 3 is 2.29 bits per heavy atom. The summed E-state index contributed by atoms with van der Waals surface area (Å²) in [6.45, 7) is 9.69. The fourth-order valence-corrected chi connectivity index (χ4v) is 4.03. The van der Waals surface area contributed by atoms with Crippen molar-refractivity contribution in [2.45, 2.75) is 33.1 Å². The fraction of sp³-hybridized carbons (Fsp3) is 0.636. The highest BCUT2D eigenvalue weighted by Gasteiger charge is 2.42. The maximum absolute atomic E-state index is 13.3. The topological polar surface area (TPSA) is 59.1 Å². The Bertz CT molecular complexity index is 689. The monoisotopic (exact) mass is 388 g/mol. The van der Waals surface area contributed by atoms with Crippen molar-refractivity contribution in [3.63, 3.8) is 0 Å². The van der Waals surface area contributed by atoms with E-state index in [2.05, 4.69) is 20.8 Å². The number of ether oxygens (including phenoxy) is 2. The molecule has 0 unspecified atom stereocenters. The van der Waals surface area contributed by atoms with E-state index in [1.165, 1.54) is 0 Å². The van der Waals surface area contributed by atoms with Gasteiger partial charge in [-0.3, -0.25) is 9.59 Å². The number of carbonyl (C=O) groups excluding carboxylic acids is 2. The number of hydrogen-bond acceptors (Lipinski definition) is 4. The molecule has 0 N–H and O–H groups in total. The Morgan fingerprint density at radius 1 is 1.07 bits per heavy atom. The first-order valence-corrected chi connectivity index (χ1v) is 10.1. The van der Waals surface area contributed by atoms with Crippen LogP contribution < -0.4 is 4.74 Å². The molecule has 6 nitrogen and oxygen atoms in total. The largest absolute Gasteiger partial charge is 0.497 e. The van der Waals surface area contributed by atoms with Crippen molar-refractivity contribution < 1.29 is 19.1 Å². The third-order valence-electron chi connectivity index (χ3n) is 5.54. The molecule has 6 heteroatoms. The highest BCUT2D eigenvalue weighted by molar-refractivity contribution is 5.83. The molecule has 0 radical (unpaired) electrons. The zero-order valence-corrected chi connectivity index (χ0v) is 17.4. The first-order valence-electron chi connectivity index (χ1n) is 10.1. The maximum Gasteiger partial charge on any atom is 0.228 e. The van der Waals surface area contributed by atoms with E-state index in [-0.39, 0.29) is 29.1 Å². The van der Waals surface area contributed by atoms with Crippen LogP contribution in [0.4, 0.5) is 0 Å². The number of hydrogen-bond donors (Lipinski definition) is 0. The predicted molar refractivity (Wildman–Crippen MR) is 107 cm³/mol. The third kappa shape index (κ3) is 4.85. The first kappa shape index (κ1) is 20.6. The Labute approximate surface area is 167 Å². The van der Waals surface area contributed by atoms with Crippen LogP contribution in [0.25, 0.3) is 0 Å². The van der Waals surface area contributed by atoms with Crippen molar-refractivity contribution in [3.05, 3.63) is 29.8 Å². The number of likely N-dealkylation sites (tertiary alicyclic amines) is 1. The van der Waals surface area contributed by atoms with Gasteiger partial charge in [0, 0.05) is 38.5 Å². The highest BCUT2D eigenvalue weighted by Crippen LogP contribution is 2.36. The number of rotatable bonds is 4. The summed E-state index contributed by atoms with van der Waals surface area (Å²) in [7, 11) is 1.64. The van der Waals surface area contributed by atoms with Gasteiger partial charge >= 0.3 is 0 Å². The van der Waals surface area contributed by atoms with Gasteiger partial charge in [0.25, 0.3) is 0 Å². The van der Waals surface area contributed by atoms with Crippen LogP contribution in [-0.4, -0.2) is 68.1 Å². The molecule has 2 heterocycles. The van der Waals surface area contributed by atoms with Crippen LogP contribution >= 0.6 is 0 Å². The van der Waals surface area contributed by atoms with E-state index in [0.717, 1.165) is 11.3 Å². The molecule has 2 amide bonds. The fourth-order valence-electron chi connectivity index (χ4n) is 4.03. The molecule has 154 valence electrons. The number of amides is 2. The third-order valence-corrected chi connectivity index (χ3v) is 5.54. The average Bonchev–Trinajstić information content (AvgIpc) is 3.12. The molecule has 2 aliphatic rings. The molecule has 1 aromatic rings. The minimum atomic E-state index is -0.213. The van der Waals surface area contributed by atoms with Gasteiger partial charge < -0.3 is 19.3 Å². The molecule has 2 aliphatic heterocycles. The van der Waals surface area contributed by atoms with Crippen LogP contribution in [0.2, 0.25) is 0 Å². The van der Waals surface area contributed by atoms with Crippen LogP contribution in [0.15, 0.2) is 24.3 Å². The summed E-state index contributed by atoms with van der Waals surface area (Å²) >= 11 is 0. The Balaban J connectivity index is 1.81. The number of morpholine rings is 1. The highest BCUT2D eigenvalue weighted by atomic mass is 16.5. The summed E-state index contributed by atoms with van der Waals surface area (Å²) in [5.74, 6) is 0.845. The molecular weight excluding hydrogens is 356 g/mol. The molecule has 0 aromatic heterocycles. The van der Waals surface area contributed by atoms with Gasteiger partial charge in [0.2, 0.25) is 11.8 Å². The molecule has 3 rings (SSSR count). The quantitative estimate of drug-likeness (QED) is 0.795. The van der Waals surface area contributed by atoms with Crippen LogP contribution in [0.1, 0.15) is 38.7 Å². The molecule has 0 bridgehead atoms. The van der Waals surface area contributed by atoms with E-state index >= 15 is 0 Å². The van der Waals surface area contributed by atoms with Crippen molar-refractivity contribution in [3.8, 4) is 5.75 Å². The van der Waals surface area contributed by atoms with Crippen molar-refractivity contribution in [1.29, 1.82) is 0 Å². The number of carbonyl (C=O) groups is 2.